The van der Waals surface area contributed by atoms with Crippen LogP contribution in [0.1, 0.15) is 19.8 Å². The lowest BCUT2D eigenvalue weighted by atomic mass is 10.2. The highest BCUT2D eigenvalue weighted by Crippen LogP contribution is 2.22. The van der Waals surface area contributed by atoms with Gasteiger partial charge >= 0.3 is 12.3 Å². The molecule has 0 bridgehead atoms. The smallest absolute Gasteiger partial charge is 0.330 e. The summed E-state index contributed by atoms with van der Waals surface area (Å²) in [7, 11) is -3.11. The van der Waals surface area contributed by atoms with E-state index in [4.69, 9.17) is 5.84 Å². The van der Waals surface area contributed by atoms with Crippen molar-refractivity contribution in [2.24, 2.45) is 5.84 Å². The standard InChI is InChI=1S/C10H20F4N2O3S/c1-2-20(17,18)5-3-4-8(16-15)6-19-7-10(13,14)9(11)12/h8-9,16H,2-7,15H2,1H3. The molecule has 1 atom stereocenters. The summed E-state index contributed by atoms with van der Waals surface area (Å²) in [6.07, 6.45) is -3.24. The molecule has 0 aromatic carbocycles. The zero-order valence-electron chi connectivity index (χ0n) is 11.1. The second-order valence-corrected chi connectivity index (χ2v) is 6.79. The molecule has 0 spiro atoms. The van der Waals surface area contributed by atoms with Crippen molar-refractivity contribution in [3.8, 4) is 0 Å². The number of nitrogens with two attached hydrogens (primary N) is 1. The molecule has 3 N–H and O–H groups in total. The maximum atomic E-state index is 12.5. The normalized spacial score (nSPS) is 14.8. The fraction of sp³-hybridized carbons (Fsp3) is 1.00. The SMILES string of the molecule is CCS(=O)(=O)CCCC(COCC(F)(F)C(F)F)NN. The Kier molecular flexibility index (Phi) is 8.56. The number of rotatable bonds is 11. The maximum absolute atomic E-state index is 12.5. The van der Waals surface area contributed by atoms with Crippen LogP contribution in [-0.4, -0.2) is 51.5 Å². The van der Waals surface area contributed by atoms with E-state index in [1.54, 1.807) is 0 Å². The van der Waals surface area contributed by atoms with Gasteiger partial charge in [-0.25, -0.2) is 17.2 Å². The predicted molar refractivity (Wildman–Crippen MR) is 66.4 cm³/mol. The van der Waals surface area contributed by atoms with E-state index < -0.39 is 34.8 Å². The summed E-state index contributed by atoms with van der Waals surface area (Å²) in [6.45, 7) is -0.190. The topological polar surface area (TPSA) is 81.4 Å². The van der Waals surface area contributed by atoms with Gasteiger partial charge < -0.3 is 4.74 Å². The van der Waals surface area contributed by atoms with Gasteiger partial charge in [-0.3, -0.25) is 11.3 Å². The van der Waals surface area contributed by atoms with Crippen LogP contribution in [0.2, 0.25) is 0 Å². The first-order valence-electron chi connectivity index (χ1n) is 6.05. The molecule has 0 saturated carbocycles. The molecule has 0 amide bonds. The van der Waals surface area contributed by atoms with E-state index >= 15 is 0 Å². The van der Waals surface area contributed by atoms with Crippen LogP contribution in [0.15, 0.2) is 0 Å². The molecule has 0 aliphatic heterocycles. The van der Waals surface area contributed by atoms with Crippen LogP contribution in [0.3, 0.4) is 0 Å². The van der Waals surface area contributed by atoms with E-state index in [2.05, 4.69) is 10.2 Å². The highest BCUT2D eigenvalue weighted by molar-refractivity contribution is 7.91. The van der Waals surface area contributed by atoms with Crippen molar-refractivity contribution in [2.45, 2.75) is 38.2 Å². The van der Waals surface area contributed by atoms with Crippen molar-refractivity contribution in [2.75, 3.05) is 24.7 Å². The average Bonchev–Trinajstić information content (AvgIpc) is 2.36. The molecule has 5 nitrogen and oxygen atoms in total. The van der Waals surface area contributed by atoms with Gasteiger partial charge in [0, 0.05) is 11.8 Å². The number of hydrazine groups is 1. The minimum atomic E-state index is -4.20. The number of hydrogen-bond donors (Lipinski definition) is 2. The number of nitrogens with one attached hydrogen (secondary N) is 1. The number of hydrogen-bond acceptors (Lipinski definition) is 5. The summed E-state index contributed by atoms with van der Waals surface area (Å²) in [6, 6.07) is -0.574. The molecular weight excluding hydrogens is 304 g/mol. The molecule has 1 unspecified atom stereocenters. The number of halogens is 4. The first-order valence-corrected chi connectivity index (χ1v) is 7.87. The van der Waals surface area contributed by atoms with E-state index in [9.17, 15) is 26.0 Å². The molecule has 0 rings (SSSR count). The van der Waals surface area contributed by atoms with Gasteiger partial charge in [0.15, 0.2) is 0 Å². The van der Waals surface area contributed by atoms with E-state index in [0.717, 1.165) is 0 Å². The monoisotopic (exact) mass is 324 g/mol. The molecule has 0 fully saturated rings. The van der Waals surface area contributed by atoms with Gasteiger partial charge in [-0.2, -0.15) is 8.78 Å². The van der Waals surface area contributed by atoms with Gasteiger partial charge in [0.25, 0.3) is 0 Å². The summed E-state index contributed by atoms with van der Waals surface area (Å²) in [4.78, 5) is 0. The number of alkyl halides is 4. The second kappa shape index (κ2) is 8.75. The summed E-state index contributed by atoms with van der Waals surface area (Å²) < 4.78 is 75.8. The maximum Gasteiger partial charge on any atom is 0.330 e. The Labute approximate surface area is 115 Å². The van der Waals surface area contributed by atoms with Gasteiger partial charge in [-0.1, -0.05) is 6.92 Å². The summed E-state index contributed by atoms with van der Waals surface area (Å²) in [5.41, 5.74) is 2.27. The van der Waals surface area contributed by atoms with Crippen molar-refractivity contribution < 1.29 is 30.7 Å². The minimum Gasteiger partial charge on any atom is -0.373 e. The molecule has 0 aliphatic carbocycles. The first-order chi connectivity index (χ1) is 9.14. The third-order valence-electron chi connectivity index (χ3n) is 2.62. The number of ether oxygens (including phenoxy) is 1. The average molecular weight is 324 g/mol. The Hall–Kier alpha value is -0.450. The lowest BCUT2D eigenvalue weighted by Gasteiger charge is -2.19. The zero-order valence-corrected chi connectivity index (χ0v) is 11.9. The summed E-state index contributed by atoms with van der Waals surface area (Å²) in [5, 5.41) is 0. The second-order valence-electron chi connectivity index (χ2n) is 4.32. The fourth-order valence-corrected chi connectivity index (χ4v) is 2.20. The highest BCUT2D eigenvalue weighted by Gasteiger charge is 2.41. The molecule has 0 aromatic heterocycles. The van der Waals surface area contributed by atoms with Crippen LogP contribution < -0.4 is 11.3 Å². The number of sulfone groups is 1. The van der Waals surface area contributed by atoms with Crippen molar-refractivity contribution >= 4 is 9.84 Å². The van der Waals surface area contributed by atoms with E-state index in [0.29, 0.717) is 0 Å². The van der Waals surface area contributed by atoms with Crippen LogP contribution in [0.25, 0.3) is 0 Å². The Morgan fingerprint density at radius 1 is 1.35 bits per heavy atom. The van der Waals surface area contributed by atoms with Gasteiger partial charge in [0.2, 0.25) is 0 Å². The van der Waals surface area contributed by atoms with E-state index in [-0.39, 0.29) is 31.0 Å². The van der Waals surface area contributed by atoms with Crippen LogP contribution in [0, 0.1) is 0 Å². The molecule has 0 heterocycles. The largest absolute Gasteiger partial charge is 0.373 e. The van der Waals surface area contributed by atoms with Crippen molar-refractivity contribution in [3.05, 3.63) is 0 Å². The third-order valence-corrected chi connectivity index (χ3v) is 4.41. The molecule has 10 heteroatoms. The zero-order chi connectivity index (χ0) is 15.8. The van der Waals surface area contributed by atoms with Crippen LogP contribution in [0.4, 0.5) is 17.6 Å². The highest BCUT2D eigenvalue weighted by atomic mass is 32.2. The molecular formula is C10H20F4N2O3S. The molecule has 0 aliphatic rings. The molecule has 0 saturated heterocycles. The van der Waals surface area contributed by atoms with E-state index in [1.807, 2.05) is 0 Å². The third kappa shape index (κ3) is 7.98. The van der Waals surface area contributed by atoms with Crippen LogP contribution in [-0.2, 0) is 14.6 Å². The Balaban J connectivity index is 4.00. The Morgan fingerprint density at radius 3 is 2.40 bits per heavy atom. The molecule has 122 valence electrons. The van der Waals surface area contributed by atoms with Crippen LogP contribution >= 0.6 is 0 Å². The summed E-state index contributed by atoms with van der Waals surface area (Å²) in [5.74, 6) is 0.918. The van der Waals surface area contributed by atoms with Gasteiger partial charge in [-0.05, 0) is 12.8 Å². The van der Waals surface area contributed by atoms with E-state index in [1.165, 1.54) is 6.92 Å². The molecule has 0 aromatic rings. The quantitative estimate of drug-likeness (QED) is 0.336. The fourth-order valence-electron chi connectivity index (χ4n) is 1.31. The Bertz CT molecular complexity index is 366. The van der Waals surface area contributed by atoms with Crippen molar-refractivity contribution in [1.29, 1.82) is 0 Å². The van der Waals surface area contributed by atoms with Gasteiger partial charge in [0.1, 0.15) is 16.4 Å². The Morgan fingerprint density at radius 2 is 1.95 bits per heavy atom. The van der Waals surface area contributed by atoms with Gasteiger partial charge in [-0.15, -0.1) is 0 Å². The minimum absolute atomic E-state index is 0.0187. The molecule has 20 heavy (non-hydrogen) atoms. The molecule has 0 radical (unpaired) electrons. The lowest BCUT2D eigenvalue weighted by molar-refractivity contribution is -0.167. The summed E-state index contributed by atoms with van der Waals surface area (Å²) >= 11 is 0. The first kappa shape index (κ1) is 19.6. The predicted octanol–water partition coefficient (Wildman–Crippen LogP) is 0.950. The van der Waals surface area contributed by atoms with Crippen molar-refractivity contribution in [3.63, 3.8) is 0 Å². The van der Waals surface area contributed by atoms with Crippen LogP contribution in [0.5, 0.6) is 0 Å². The van der Waals surface area contributed by atoms with Crippen molar-refractivity contribution in [1.82, 2.24) is 5.43 Å². The lowest BCUT2D eigenvalue weighted by Crippen LogP contribution is -2.41. The van der Waals surface area contributed by atoms with Gasteiger partial charge in [0.05, 0.1) is 12.4 Å².